The zero-order valence-corrected chi connectivity index (χ0v) is 11.0. The Labute approximate surface area is 111 Å². The number of thiophene rings is 1. The van der Waals surface area contributed by atoms with Gasteiger partial charge in [-0.05, 0) is 30.4 Å². The number of benzene rings is 1. The lowest BCUT2D eigenvalue weighted by atomic mass is 10.1. The number of nitrogen functional groups attached to an aromatic ring is 1. The van der Waals surface area contributed by atoms with Crippen molar-refractivity contribution >= 4 is 22.9 Å². The molecule has 94 valence electrons. The van der Waals surface area contributed by atoms with Crippen LogP contribution in [-0.2, 0) is 6.42 Å². The number of nitrogens with two attached hydrogens (primary N) is 1. The molecule has 4 heteroatoms. The predicted octanol–water partition coefficient (Wildman–Crippen LogP) is 2.69. The van der Waals surface area contributed by atoms with E-state index < -0.39 is 0 Å². The fourth-order valence-corrected chi connectivity index (χ4v) is 2.53. The van der Waals surface area contributed by atoms with Gasteiger partial charge in [-0.25, -0.2) is 0 Å². The number of anilines is 1. The van der Waals surface area contributed by atoms with Crippen molar-refractivity contribution < 1.29 is 4.79 Å². The van der Waals surface area contributed by atoms with E-state index in [1.165, 1.54) is 16.9 Å². The molecule has 18 heavy (non-hydrogen) atoms. The van der Waals surface area contributed by atoms with Crippen LogP contribution in [0.1, 0.15) is 22.2 Å². The van der Waals surface area contributed by atoms with E-state index in [0.29, 0.717) is 10.6 Å². The number of hydrogen-bond donors (Lipinski definition) is 2. The number of nitrogens with one attached hydrogen (secondary N) is 1. The van der Waals surface area contributed by atoms with Gasteiger partial charge in [0.05, 0.1) is 5.69 Å². The monoisotopic (exact) mass is 260 g/mol. The van der Waals surface area contributed by atoms with E-state index >= 15 is 0 Å². The lowest BCUT2D eigenvalue weighted by Crippen LogP contribution is -2.33. The van der Waals surface area contributed by atoms with Crippen molar-refractivity contribution in [3.63, 3.8) is 0 Å². The van der Waals surface area contributed by atoms with Crippen LogP contribution in [0, 0.1) is 0 Å². The van der Waals surface area contributed by atoms with Crippen LogP contribution in [0.5, 0.6) is 0 Å². The molecule has 0 aliphatic rings. The third-order valence-corrected chi connectivity index (χ3v) is 3.59. The molecule has 3 nitrogen and oxygen atoms in total. The van der Waals surface area contributed by atoms with Gasteiger partial charge in [-0.1, -0.05) is 30.3 Å². The van der Waals surface area contributed by atoms with E-state index in [2.05, 4.69) is 17.4 Å². The zero-order valence-electron chi connectivity index (χ0n) is 10.2. The van der Waals surface area contributed by atoms with E-state index in [4.69, 9.17) is 5.73 Å². The minimum atomic E-state index is -0.0917. The summed E-state index contributed by atoms with van der Waals surface area (Å²) in [5.41, 5.74) is 7.48. The second-order valence-corrected chi connectivity index (χ2v) is 5.19. The largest absolute Gasteiger partial charge is 0.397 e. The molecule has 1 heterocycles. The molecule has 2 rings (SSSR count). The molecule has 0 aliphatic carbocycles. The first-order valence-corrected chi connectivity index (χ1v) is 6.72. The molecule has 1 aromatic heterocycles. The predicted molar refractivity (Wildman–Crippen MR) is 75.8 cm³/mol. The molecular weight excluding hydrogens is 244 g/mol. The van der Waals surface area contributed by atoms with Gasteiger partial charge in [0.25, 0.3) is 5.91 Å². The van der Waals surface area contributed by atoms with Gasteiger partial charge >= 0.3 is 0 Å². The quantitative estimate of drug-likeness (QED) is 0.888. The molecule has 0 bridgehead atoms. The Hall–Kier alpha value is -1.81. The molecule has 1 amide bonds. The molecule has 0 saturated heterocycles. The average molecular weight is 260 g/mol. The van der Waals surface area contributed by atoms with Gasteiger partial charge in [0.15, 0.2) is 0 Å². The van der Waals surface area contributed by atoms with Crippen LogP contribution in [0.15, 0.2) is 41.8 Å². The van der Waals surface area contributed by atoms with Crippen LogP contribution in [0.2, 0.25) is 0 Å². The van der Waals surface area contributed by atoms with Crippen molar-refractivity contribution in [1.82, 2.24) is 5.32 Å². The highest BCUT2D eigenvalue weighted by molar-refractivity contribution is 7.12. The highest BCUT2D eigenvalue weighted by Gasteiger charge is 2.13. The van der Waals surface area contributed by atoms with Gasteiger partial charge in [-0.3, -0.25) is 4.79 Å². The first kappa shape index (κ1) is 12.6. The Morgan fingerprint density at radius 1 is 1.33 bits per heavy atom. The maximum Gasteiger partial charge on any atom is 0.263 e. The van der Waals surface area contributed by atoms with Gasteiger partial charge in [0, 0.05) is 6.04 Å². The van der Waals surface area contributed by atoms with E-state index in [9.17, 15) is 4.79 Å². The maximum atomic E-state index is 11.9. The third-order valence-electron chi connectivity index (χ3n) is 2.66. The smallest absolute Gasteiger partial charge is 0.263 e. The Balaban J connectivity index is 1.94. The lowest BCUT2D eigenvalue weighted by molar-refractivity contribution is 0.0945. The van der Waals surface area contributed by atoms with Gasteiger partial charge in [0.1, 0.15) is 4.88 Å². The average Bonchev–Trinajstić information content (AvgIpc) is 2.76. The number of rotatable bonds is 4. The molecule has 2 aromatic rings. The first-order valence-electron chi connectivity index (χ1n) is 5.84. The normalized spacial score (nSPS) is 12.1. The van der Waals surface area contributed by atoms with Crippen molar-refractivity contribution in [2.45, 2.75) is 19.4 Å². The van der Waals surface area contributed by atoms with Gasteiger partial charge < -0.3 is 11.1 Å². The van der Waals surface area contributed by atoms with Crippen LogP contribution in [-0.4, -0.2) is 11.9 Å². The SMILES string of the molecule is CC(Cc1ccccc1)NC(=O)c1sccc1N. The number of hydrogen-bond acceptors (Lipinski definition) is 3. The topological polar surface area (TPSA) is 55.1 Å². The van der Waals surface area contributed by atoms with E-state index in [1.807, 2.05) is 30.5 Å². The van der Waals surface area contributed by atoms with Gasteiger partial charge in [-0.15, -0.1) is 11.3 Å². The molecule has 0 radical (unpaired) electrons. The van der Waals surface area contributed by atoms with Crippen molar-refractivity contribution in [3.8, 4) is 0 Å². The van der Waals surface area contributed by atoms with Crippen LogP contribution in [0.3, 0.4) is 0 Å². The molecule has 0 saturated carbocycles. The summed E-state index contributed by atoms with van der Waals surface area (Å²) < 4.78 is 0. The fourth-order valence-electron chi connectivity index (χ4n) is 1.81. The van der Waals surface area contributed by atoms with Crippen molar-refractivity contribution in [3.05, 3.63) is 52.2 Å². The molecular formula is C14H16N2OS. The molecule has 0 spiro atoms. The van der Waals surface area contributed by atoms with Gasteiger partial charge in [-0.2, -0.15) is 0 Å². The van der Waals surface area contributed by atoms with E-state index in [0.717, 1.165) is 6.42 Å². The molecule has 0 fully saturated rings. The summed E-state index contributed by atoms with van der Waals surface area (Å²) in [5, 5.41) is 4.79. The highest BCUT2D eigenvalue weighted by Crippen LogP contribution is 2.18. The lowest BCUT2D eigenvalue weighted by Gasteiger charge is -2.13. The van der Waals surface area contributed by atoms with Crippen molar-refractivity contribution in [1.29, 1.82) is 0 Å². The van der Waals surface area contributed by atoms with Crippen molar-refractivity contribution in [2.75, 3.05) is 5.73 Å². The Morgan fingerprint density at radius 3 is 2.67 bits per heavy atom. The summed E-state index contributed by atoms with van der Waals surface area (Å²) in [4.78, 5) is 12.5. The van der Waals surface area contributed by atoms with Crippen LogP contribution in [0.25, 0.3) is 0 Å². The third kappa shape index (κ3) is 3.11. The Bertz CT molecular complexity index is 522. The molecule has 1 unspecified atom stereocenters. The summed E-state index contributed by atoms with van der Waals surface area (Å²) in [6.45, 7) is 1.99. The molecule has 1 atom stereocenters. The minimum absolute atomic E-state index is 0.0846. The van der Waals surface area contributed by atoms with E-state index in [-0.39, 0.29) is 11.9 Å². The van der Waals surface area contributed by atoms with Crippen molar-refractivity contribution in [2.24, 2.45) is 0 Å². The standard InChI is InChI=1S/C14H16N2OS/c1-10(9-11-5-3-2-4-6-11)16-14(17)13-12(15)7-8-18-13/h2-8,10H,9,15H2,1H3,(H,16,17). The fraction of sp³-hybridized carbons (Fsp3) is 0.214. The van der Waals surface area contributed by atoms with Crippen LogP contribution >= 0.6 is 11.3 Å². The zero-order chi connectivity index (χ0) is 13.0. The molecule has 1 aromatic carbocycles. The molecule has 0 aliphatic heterocycles. The van der Waals surface area contributed by atoms with E-state index in [1.54, 1.807) is 6.07 Å². The van der Waals surface area contributed by atoms with Crippen LogP contribution < -0.4 is 11.1 Å². The maximum absolute atomic E-state index is 11.9. The molecule has 3 N–H and O–H groups in total. The summed E-state index contributed by atoms with van der Waals surface area (Å²) in [6.07, 6.45) is 0.817. The second kappa shape index (κ2) is 5.69. The number of amides is 1. The summed E-state index contributed by atoms with van der Waals surface area (Å²) in [5.74, 6) is -0.0917. The second-order valence-electron chi connectivity index (χ2n) is 4.27. The minimum Gasteiger partial charge on any atom is -0.397 e. The number of carbonyl (C=O) groups is 1. The van der Waals surface area contributed by atoms with Gasteiger partial charge in [0.2, 0.25) is 0 Å². The Kier molecular flexibility index (Phi) is 3.99. The summed E-state index contributed by atoms with van der Waals surface area (Å²) in [6, 6.07) is 11.9. The summed E-state index contributed by atoms with van der Waals surface area (Å²) in [7, 11) is 0. The Morgan fingerprint density at radius 2 is 2.06 bits per heavy atom. The number of carbonyl (C=O) groups excluding carboxylic acids is 1. The van der Waals surface area contributed by atoms with Crippen LogP contribution in [0.4, 0.5) is 5.69 Å². The first-order chi connectivity index (χ1) is 8.66. The summed E-state index contributed by atoms with van der Waals surface area (Å²) >= 11 is 1.37. The highest BCUT2D eigenvalue weighted by atomic mass is 32.1.